The first-order chi connectivity index (χ1) is 5.70. The van der Waals surface area contributed by atoms with Crippen molar-refractivity contribution in [3.63, 3.8) is 0 Å². The van der Waals surface area contributed by atoms with Crippen molar-refractivity contribution < 1.29 is 9.53 Å². The normalized spacial score (nSPS) is 17.6. The third kappa shape index (κ3) is 2.87. The highest BCUT2D eigenvalue weighted by Gasteiger charge is 2.14. The van der Waals surface area contributed by atoms with E-state index in [9.17, 15) is 4.79 Å². The number of thiocarbonyl (C=S) groups is 1. The fraction of sp³-hybridized carbons (Fsp3) is 0.750. The van der Waals surface area contributed by atoms with Crippen LogP contribution in [-0.4, -0.2) is 42.0 Å². The third-order valence-corrected chi connectivity index (χ3v) is 2.17. The van der Waals surface area contributed by atoms with E-state index in [1.807, 2.05) is 4.90 Å². The van der Waals surface area contributed by atoms with Gasteiger partial charge in [0, 0.05) is 13.1 Å². The zero-order chi connectivity index (χ0) is 8.97. The lowest BCUT2D eigenvalue weighted by molar-refractivity contribution is -0.116. The Balaban J connectivity index is 2.34. The Morgan fingerprint density at radius 2 is 2.08 bits per heavy atom. The molecular weight excluding hydrogens is 174 g/mol. The van der Waals surface area contributed by atoms with Crippen LogP contribution in [0.25, 0.3) is 0 Å². The molecule has 4 heteroatoms. The maximum atomic E-state index is 10.8. The maximum absolute atomic E-state index is 10.8. The minimum Gasteiger partial charge on any atom is -0.378 e. The molecule has 68 valence electrons. The summed E-state index contributed by atoms with van der Waals surface area (Å²) in [6.45, 7) is 4.65. The summed E-state index contributed by atoms with van der Waals surface area (Å²) in [5, 5.41) is 0. The predicted octanol–water partition coefficient (Wildman–Crippen LogP) is 0.625. The van der Waals surface area contributed by atoms with E-state index in [4.69, 9.17) is 17.0 Å². The maximum Gasteiger partial charge on any atom is 0.136 e. The van der Waals surface area contributed by atoms with Crippen molar-refractivity contribution in [3.05, 3.63) is 0 Å². The van der Waals surface area contributed by atoms with Crippen molar-refractivity contribution in [2.45, 2.75) is 13.3 Å². The van der Waals surface area contributed by atoms with Gasteiger partial charge in [0.25, 0.3) is 0 Å². The number of hydrogen-bond donors (Lipinski definition) is 0. The SMILES string of the molecule is CC(=O)CC(=S)N1CCOCC1. The number of morpholine rings is 1. The summed E-state index contributed by atoms with van der Waals surface area (Å²) in [5.41, 5.74) is 0. The Morgan fingerprint density at radius 1 is 1.50 bits per heavy atom. The van der Waals surface area contributed by atoms with E-state index in [0.29, 0.717) is 6.42 Å². The highest BCUT2D eigenvalue weighted by atomic mass is 32.1. The lowest BCUT2D eigenvalue weighted by Gasteiger charge is -2.28. The molecule has 0 saturated carbocycles. The Morgan fingerprint density at radius 3 is 2.58 bits per heavy atom. The first kappa shape index (κ1) is 9.61. The average molecular weight is 187 g/mol. The number of rotatable bonds is 2. The smallest absolute Gasteiger partial charge is 0.136 e. The van der Waals surface area contributed by atoms with Crippen molar-refractivity contribution >= 4 is 23.0 Å². The standard InChI is InChI=1S/C8H13NO2S/c1-7(10)6-8(12)9-2-4-11-5-3-9/h2-6H2,1H3. The first-order valence-corrected chi connectivity index (χ1v) is 4.46. The topological polar surface area (TPSA) is 29.5 Å². The molecule has 0 amide bonds. The van der Waals surface area contributed by atoms with E-state index in [-0.39, 0.29) is 5.78 Å². The van der Waals surface area contributed by atoms with Crippen LogP contribution in [0.15, 0.2) is 0 Å². The van der Waals surface area contributed by atoms with E-state index in [2.05, 4.69) is 0 Å². The summed E-state index contributed by atoms with van der Waals surface area (Å²) in [6.07, 6.45) is 0.398. The lowest BCUT2D eigenvalue weighted by Crippen LogP contribution is -2.40. The highest BCUT2D eigenvalue weighted by Crippen LogP contribution is 2.02. The van der Waals surface area contributed by atoms with Crippen molar-refractivity contribution in [1.82, 2.24) is 4.90 Å². The molecule has 0 N–H and O–H groups in total. The van der Waals surface area contributed by atoms with E-state index in [1.54, 1.807) is 6.92 Å². The minimum atomic E-state index is 0.131. The van der Waals surface area contributed by atoms with E-state index in [1.165, 1.54) is 0 Å². The molecule has 1 fully saturated rings. The van der Waals surface area contributed by atoms with Crippen LogP contribution in [-0.2, 0) is 9.53 Å². The van der Waals surface area contributed by atoms with E-state index in [0.717, 1.165) is 31.3 Å². The fourth-order valence-electron chi connectivity index (χ4n) is 1.14. The van der Waals surface area contributed by atoms with Gasteiger partial charge in [0.2, 0.25) is 0 Å². The Hall–Kier alpha value is -0.480. The Kier molecular flexibility index (Phi) is 3.62. The number of ether oxygens (including phenoxy) is 1. The highest BCUT2D eigenvalue weighted by molar-refractivity contribution is 7.80. The molecule has 0 radical (unpaired) electrons. The summed E-state index contributed by atoms with van der Waals surface area (Å²) in [5.74, 6) is 0.131. The van der Waals surface area contributed by atoms with Crippen molar-refractivity contribution in [2.75, 3.05) is 26.3 Å². The summed E-state index contributed by atoms with van der Waals surface area (Å²) >= 11 is 5.10. The van der Waals surface area contributed by atoms with Gasteiger partial charge in [-0.3, -0.25) is 4.79 Å². The number of Topliss-reactive ketones (excluding diaryl/α,β-unsaturated/α-hetero) is 1. The van der Waals surface area contributed by atoms with Gasteiger partial charge in [-0.05, 0) is 6.92 Å². The second-order valence-corrected chi connectivity index (χ2v) is 3.34. The molecule has 1 aliphatic heterocycles. The second kappa shape index (κ2) is 4.52. The molecule has 3 nitrogen and oxygen atoms in total. The van der Waals surface area contributed by atoms with Gasteiger partial charge in [-0.25, -0.2) is 0 Å². The molecule has 0 aliphatic carbocycles. The number of ketones is 1. The largest absolute Gasteiger partial charge is 0.378 e. The molecule has 0 bridgehead atoms. The molecule has 0 aromatic rings. The number of carbonyl (C=O) groups excluding carboxylic acids is 1. The summed E-state index contributed by atoms with van der Waals surface area (Å²) in [7, 11) is 0. The zero-order valence-corrected chi connectivity index (χ0v) is 8.02. The zero-order valence-electron chi connectivity index (χ0n) is 7.21. The van der Waals surface area contributed by atoms with Crippen LogP contribution in [0.2, 0.25) is 0 Å². The van der Waals surface area contributed by atoms with Crippen LogP contribution in [0.1, 0.15) is 13.3 Å². The Bertz CT molecular complexity index is 187. The molecule has 1 saturated heterocycles. The second-order valence-electron chi connectivity index (χ2n) is 2.87. The van der Waals surface area contributed by atoms with Gasteiger partial charge in [-0.1, -0.05) is 12.2 Å². The Labute approximate surface area is 77.7 Å². The molecule has 0 spiro atoms. The molecule has 12 heavy (non-hydrogen) atoms. The van der Waals surface area contributed by atoms with Crippen LogP contribution in [0.3, 0.4) is 0 Å². The van der Waals surface area contributed by atoms with Crippen molar-refractivity contribution in [2.24, 2.45) is 0 Å². The van der Waals surface area contributed by atoms with Crippen LogP contribution in [0, 0.1) is 0 Å². The van der Waals surface area contributed by atoms with Gasteiger partial charge < -0.3 is 9.64 Å². The van der Waals surface area contributed by atoms with Crippen LogP contribution < -0.4 is 0 Å². The third-order valence-electron chi connectivity index (χ3n) is 1.76. The van der Waals surface area contributed by atoms with Gasteiger partial charge >= 0.3 is 0 Å². The van der Waals surface area contributed by atoms with Crippen LogP contribution >= 0.6 is 12.2 Å². The van der Waals surface area contributed by atoms with Gasteiger partial charge in [0.15, 0.2) is 0 Å². The van der Waals surface area contributed by atoms with Gasteiger partial charge in [0.05, 0.1) is 24.6 Å². The molecule has 1 aliphatic rings. The number of hydrogen-bond acceptors (Lipinski definition) is 3. The van der Waals surface area contributed by atoms with Crippen molar-refractivity contribution in [1.29, 1.82) is 0 Å². The predicted molar refractivity (Wildman–Crippen MR) is 50.3 cm³/mol. The molecule has 0 aromatic heterocycles. The summed E-state index contributed by atoms with van der Waals surface area (Å²) in [6, 6.07) is 0. The van der Waals surface area contributed by atoms with Crippen LogP contribution in [0.4, 0.5) is 0 Å². The fourth-order valence-corrected chi connectivity index (χ4v) is 1.52. The minimum absolute atomic E-state index is 0.131. The van der Waals surface area contributed by atoms with Gasteiger partial charge in [0.1, 0.15) is 5.78 Å². The summed E-state index contributed by atoms with van der Waals surface area (Å²) < 4.78 is 5.17. The molecule has 0 unspecified atom stereocenters. The molecular formula is C8H13NO2S. The van der Waals surface area contributed by atoms with Crippen LogP contribution in [0.5, 0.6) is 0 Å². The molecule has 1 heterocycles. The molecule has 0 atom stereocenters. The van der Waals surface area contributed by atoms with Crippen molar-refractivity contribution in [3.8, 4) is 0 Å². The average Bonchev–Trinajstić information content (AvgIpc) is 2.05. The number of nitrogens with zero attached hydrogens (tertiary/aromatic N) is 1. The van der Waals surface area contributed by atoms with Gasteiger partial charge in [-0.15, -0.1) is 0 Å². The first-order valence-electron chi connectivity index (χ1n) is 4.05. The monoisotopic (exact) mass is 187 g/mol. The lowest BCUT2D eigenvalue weighted by atomic mass is 10.3. The number of carbonyl (C=O) groups is 1. The van der Waals surface area contributed by atoms with E-state index < -0.39 is 0 Å². The van der Waals surface area contributed by atoms with Gasteiger partial charge in [-0.2, -0.15) is 0 Å². The summed E-state index contributed by atoms with van der Waals surface area (Å²) in [4.78, 5) is 13.5. The quantitative estimate of drug-likeness (QED) is 0.593. The molecule has 1 rings (SSSR count). The molecule has 0 aromatic carbocycles. The van der Waals surface area contributed by atoms with E-state index >= 15 is 0 Å².